The fourth-order valence-electron chi connectivity index (χ4n) is 3.10. The Morgan fingerprint density at radius 1 is 1.27 bits per heavy atom. The van der Waals surface area contributed by atoms with E-state index in [2.05, 4.69) is 17.1 Å². The van der Waals surface area contributed by atoms with Crippen molar-refractivity contribution < 1.29 is 14.3 Å². The highest BCUT2D eigenvalue weighted by molar-refractivity contribution is 5.85. The second-order valence-corrected chi connectivity index (χ2v) is 6.02. The van der Waals surface area contributed by atoms with Gasteiger partial charge in [0, 0.05) is 38.8 Å². The van der Waals surface area contributed by atoms with Crippen molar-refractivity contribution in [1.82, 2.24) is 15.1 Å². The molecular weight excluding hydrogens is 306 g/mol. The van der Waals surface area contributed by atoms with Crippen LogP contribution >= 0.6 is 12.4 Å². The maximum absolute atomic E-state index is 12.4. The molecule has 1 N–H and O–H groups in total. The molecule has 7 heteroatoms. The van der Waals surface area contributed by atoms with Crippen LogP contribution in [-0.4, -0.2) is 73.6 Å². The molecule has 1 unspecified atom stereocenters. The third-order valence-electron chi connectivity index (χ3n) is 4.21. The molecule has 2 aliphatic heterocycles. The highest BCUT2D eigenvalue weighted by Crippen LogP contribution is 2.18. The summed E-state index contributed by atoms with van der Waals surface area (Å²) in [6, 6.07) is 0.431. The number of ether oxygens (including phenoxy) is 1. The summed E-state index contributed by atoms with van der Waals surface area (Å²) in [5.41, 5.74) is 0. The molecule has 2 saturated heterocycles. The van der Waals surface area contributed by atoms with Crippen molar-refractivity contribution in [1.29, 1.82) is 0 Å². The Morgan fingerprint density at radius 3 is 2.73 bits per heavy atom. The molecule has 2 aliphatic rings. The van der Waals surface area contributed by atoms with E-state index in [0.29, 0.717) is 25.7 Å². The Bertz CT molecular complexity index is 381. The van der Waals surface area contributed by atoms with Crippen LogP contribution < -0.4 is 5.32 Å². The number of halogens is 1. The minimum absolute atomic E-state index is 0. The monoisotopic (exact) mass is 333 g/mol. The SMILES string of the molecule is CCOC(=O)C1CCCN(C(=O)CN2CCN[C@H](C)C2)C1.Cl. The summed E-state index contributed by atoms with van der Waals surface area (Å²) in [5.74, 6) is -0.173. The van der Waals surface area contributed by atoms with E-state index in [1.807, 2.05) is 11.8 Å². The zero-order valence-corrected chi connectivity index (χ0v) is 14.4. The Labute approximate surface area is 138 Å². The van der Waals surface area contributed by atoms with Crippen LogP contribution in [0.4, 0.5) is 0 Å². The lowest BCUT2D eigenvalue weighted by Crippen LogP contribution is -2.53. The first-order chi connectivity index (χ1) is 10.1. The lowest BCUT2D eigenvalue weighted by Gasteiger charge is -2.35. The van der Waals surface area contributed by atoms with Gasteiger partial charge in [-0.15, -0.1) is 12.4 Å². The number of amides is 1. The number of hydrogen-bond acceptors (Lipinski definition) is 5. The molecule has 0 spiro atoms. The van der Waals surface area contributed by atoms with Crippen LogP contribution in [0, 0.1) is 5.92 Å². The topological polar surface area (TPSA) is 61.9 Å². The number of carbonyl (C=O) groups excluding carboxylic acids is 2. The zero-order chi connectivity index (χ0) is 15.2. The van der Waals surface area contributed by atoms with Crippen molar-refractivity contribution in [2.24, 2.45) is 5.92 Å². The molecule has 0 aromatic heterocycles. The van der Waals surface area contributed by atoms with E-state index in [1.165, 1.54) is 0 Å². The second-order valence-electron chi connectivity index (χ2n) is 6.02. The van der Waals surface area contributed by atoms with Gasteiger partial charge in [-0.25, -0.2) is 0 Å². The third-order valence-corrected chi connectivity index (χ3v) is 4.21. The van der Waals surface area contributed by atoms with E-state index in [9.17, 15) is 9.59 Å². The van der Waals surface area contributed by atoms with Crippen molar-refractivity contribution in [3.05, 3.63) is 0 Å². The molecule has 2 heterocycles. The minimum Gasteiger partial charge on any atom is -0.466 e. The van der Waals surface area contributed by atoms with Crippen LogP contribution in [0.15, 0.2) is 0 Å². The number of piperazine rings is 1. The number of carbonyl (C=O) groups is 2. The quantitative estimate of drug-likeness (QED) is 0.759. The van der Waals surface area contributed by atoms with Crippen molar-refractivity contribution in [2.45, 2.75) is 32.7 Å². The number of likely N-dealkylation sites (tertiary alicyclic amines) is 1. The Morgan fingerprint density at radius 2 is 2.05 bits per heavy atom. The molecular formula is C15H28ClN3O3. The van der Waals surface area contributed by atoms with E-state index >= 15 is 0 Å². The minimum atomic E-state index is -0.161. The molecule has 2 atom stereocenters. The summed E-state index contributed by atoms with van der Waals surface area (Å²) < 4.78 is 5.08. The molecule has 22 heavy (non-hydrogen) atoms. The molecule has 0 saturated carbocycles. The summed E-state index contributed by atoms with van der Waals surface area (Å²) in [4.78, 5) is 28.3. The van der Waals surface area contributed by atoms with Gasteiger partial charge in [0.25, 0.3) is 0 Å². The number of rotatable bonds is 4. The van der Waals surface area contributed by atoms with Crippen molar-refractivity contribution in [3.63, 3.8) is 0 Å². The van der Waals surface area contributed by atoms with Crippen LogP contribution in [0.25, 0.3) is 0 Å². The van der Waals surface area contributed by atoms with Crippen LogP contribution in [0.1, 0.15) is 26.7 Å². The molecule has 0 aliphatic carbocycles. The van der Waals surface area contributed by atoms with Gasteiger partial charge in [0.15, 0.2) is 0 Å². The van der Waals surface area contributed by atoms with Crippen molar-refractivity contribution in [2.75, 3.05) is 45.9 Å². The average Bonchev–Trinajstić information content (AvgIpc) is 2.47. The van der Waals surface area contributed by atoms with Crippen molar-refractivity contribution >= 4 is 24.3 Å². The molecule has 2 fully saturated rings. The predicted octanol–water partition coefficient (Wildman–Crippen LogP) is 0.504. The number of nitrogens with one attached hydrogen (secondary N) is 1. The summed E-state index contributed by atoms with van der Waals surface area (Å²) in [7, 11) is 0. The lowest BCUT2D eigenvalue weighted by molar-refractivity contribution is -0.151. The van der Waals surface area contributed by atoms with Gasteiger partial charge in [0.2, 0.25) is 5.91 Å². The van der Waals surface area contributed by atoms with E-state index in [1.54, 1.807) is 0 Å². The molecule has 128 valence electrons. The van der Waals surface area contributed by atoms with Crippen molar-refractivity contribution in [3.8, 4) is 0 Å². The maximum atomic E-state index is 12.4. The summed E-state index contributed by atoms with van der Waals surface area (Å²) in [6.45, 7) is 8.83. The molecule has 0 radical (unpaired) electrons. The van der Waals surface area contributed by atoms with E-state index in [0.717, 1.165) is 39.0 Å². The molecule has 0 bridgehead atoms. The second kappa shape index (κ2) is 9.33. The van der Waals surface area contributed by atoms with Gasteiger partial charge >= 0.3 is 5.97 Å². The predicted molar refractivity (Wildman–Crippen MR) is 87.1 cm³/mol. The largest absolute Gasteiger partial charge is 0.466 e. The van der Waals surface area contributed by atoms with Gasteiger partial charge in [-0.05, 0) is 26.7 Å². The van der Waals surface area contributed by atoms with Crippen LogP contribution in [-0.2, 0) is 14.3 Å². The first-order valence-electron chi connectivity index (χ1n) is 8.00. The van der Waals surface area contributed by atoms with E-state index in [-0.39, 0.29) is 30.2 Å². The molecule has 6 nitrogen and oxygen atoms in total. The first kappa shape index (κ1) is 19.2. The number of nitrogens with zero attached hydrogens (tertiary/aromatic N) is 2. The van der Waals surface area contributed by atoms with Gasteiger partial charge in [-0.1, -0.05) is 0 Å². The lowest BCUT2D eigenvalue weighted by atomic mass is 9.98. The average molecular weight is 334 g/mol. The smallest absolute Gasteiger partial charge is 0.310 e. The van der Waals surface area contributed by atoms with Gasteiger partial charge in [-0.3, -0.25) is 14.5 Å². The van der Waals surface area contributed by atoms with Gasteiger partial charge in [0.1, 0.15) is 0 Å². The molecule has 0 aromatic rings. The van der Waals surface area contributed by atoms with E-state index < -0.39 is 0 Å². The van der Waals surface area contributed by atoms with Gasteiger partial charge in [0.05, 0.1) is 19.1 Å². The normalized spacial score (nSPS) is 26.2. The molecule has 2 rings (SSSR count). The van der Waals surface area contributed by atoms with Crippen LogP contribution in [0.3, 0.4) is 0 Å². The standard InChI is InChI=1S/C15H27N3O3.ClH/c1-3-21-15(20)13-5-4-7-18(10-13)14(19)11-17-8-6-16-12(2)9-17;/h12-13,16H,3-11H2,1-2H3;1H/t12-,13?;/m1./s1. The molecule has 0 aromatic carbocycles. The van der Waals surface area contributed by atoms with Gasteiger partial charge < -0.3 is 15.0 Å². The summed E-state index contributed by atoms with van der Waals surface area (Å²) >= 11 is 0. The number of hydrogen-bond donors (Lipinski definition) is 1. The Balaban J connectivity index is 0.00000242. The maximum Gasteiger partial charge on any atom is 0.310 e. The van der Waals surface area contributed by atoms with Gasteiger partial charge in [-0.2, -0.15) is 0 Å². The highest BCUT2D eigenvalue weighted by atomic mass is 35.5. The van der Waals surface area contributed by atoms with Crippen LogP contribution in [0.2, 0.25) is 0 Å². The first-order valence-corrected chi connectivity index (χ1v) is 8.00. The number of esters is 1. The fraction of sp³-hybridized carbons (Fsp3) is 0.867. The zero-order valence-electron chi connectivity index (χ0n) is 13.5. The Kier molecular flexibility index (Phi) is 8.14. The molecule has 1 amide bonds. The summed E-state index contributed by atoms with van der Waals surface area (Å²) in [5, 5.41) is 3.37. The fourth-order valence-corrected chi connectivity index (χ4v) is 3.10. The highest BCUT2D eigenvalue weighted by Gasteiger charge is 2.30. The van der Waals surface area contributed by atoms with E-state index in [4.69, 9.17) is 4.74 Å². The Hall–Kier alpha value is -0.850. The summed E-state index contributed by atoms with van der Waals surface area (Å²) in [6.07, 6.45) is 1.71. The van der Waals surface area contributed by atoms with Crippen LogP contribution in [0.5, 0.6) is 0 Å². The third kappa shape index (κ3) is 5.41. The number of piperidine rings is 1.